The number of halogens is 4. The lowest BCUT2D eigenvalue weighted by molar-refractivity contribution is -0.140. The minimum atomic E-state index is -4.70. The zero-order valence-corrected chi connectivity index (χ0v) is 12.3. The molecule has 2 rings (SSSR count). The summed E-state index contributed by atoms with van der Waals surface area (Å²) in [4.78, 5) is 24.2. The number of hydrogen-bond donors (Lipinski definition) is 1. The molecule has 1 amide bonds. The van der Waals surface area contributed by atoms with Crippen molar-refractivity contribution in [2.45, 2.75) is 30.9 Å². The van der Waals surface area contributed by atoms with Crippen molar-refractivity contribution in [3.8, 4) is 0 Å². The molecular weight excluding hydrogens is 318 g/mol. The van der Waals surface area contributed by atoms with Crippen molar-refractivity contribution in [2.24, 2.45) is 0 Å². The van der Waals surface area contributed by atoms with Crippen molar-refractivity contribution in [3.05, 3.63) is 35.1 Å². The van der Waals surface area contributed by atoms with Crippen molar-refractivity contribution in [1.29, 1.82) is 0 Å². The van der Waals surface area contributed by atoms with Crippen molar-refractivity contribution in [1.82, 2.24) is 4.90 Å². The maximum absolute atomic E-state index is 13.5. The van der Waals surface area contributed by atoms with Gasteiger partial charge in [0.2, 0.25) is 5.91 Å². The fourth-order valence-electron chi connectivity index (χ4n) is 2.51. The van der Waals surface area contributed by atoms with Crippen molar-refractivity contribution in [3.63, 3.8) is 0 Å². The Balaban J connectivity index is 2.28. The zero-order valence-electron chi connectivity index (χ0n) is 12.3. The topological polar surface area (TPSA) is 57.6 Å². The molecule has 23 heavy (non-hydrogen) atoms. The second-order valence-corrected chi connectivity index (χ2v) is 5.68. The molecule has 4 nitrogen and oxygen atoms in total. The van der Waals surface area contributed by atoms with Gasteiger partial charge in [-0.25, -0.2) is 4.39 Å². The number of carbonyl (C=O) groups excluding carboxylic acids is 1. The second-order valence-electron chi connectivity index (χ2n) is 5.68. The van der Waals surface area contributed by atoms with Gasteiger partial charge in [0.05, 0.1) is 17.4 Å². The van der Waals surface area contributed by atoms with Gasteiger partial charge in [-0.1, -0.05) is 0 Å². The van der Waals surface area contributed by atoms with Gasteiger partial charge in [0.1, 0.15) is 5.82 Å². The molecule has 0 saturated heterocycles. The lowest BCUT2D eigenvalue weighted by Crippen LogP contribution is -2.38. The van der Waals surface area contributed by atoms with Crippen LogP contribution >= 0.6 is 0 Å². The summed E-state index contributed by atoms with van der Waals surface area (Å²) in [5.74, 6) is -2.63. The first-order chi connectivity index (χ1) is 10.6. The van der Waals surface area contributed by atoms with Crippen LogP contribution in [0.5, 0.6) is 0 Å². The lowest BCUT2D eigenvalue weighted by Gasteiger charge is -2.24. The van der Waals surface area contributed by atoms with Gasteiger partial charge in [0.25, 0.3) is 0 Å². The van der Waals surface area contributed by atoms with Crippen LogP contribution in [0, 0.1) is 5.82 Å². The van der Waals surface area contributed by atoms with E-state index in [4.69, 9.17) is 5.11 Å². The average molecular weight is 333 g/mol. The first-order valence-electron chi connectivity index (χ1n) is 6.92. The van der Waals surface area contributed by atoms with Crippen LogP contribution in [0.3, 0.4) is 0 Å². The van der Waals surface area contributed by atoms with Crippen molar-refractivity contribution < 1.29 is 32.3 Å². The summed E-state index contributed by atoms with van der Waals surface area (Å²) >= 11 is 0. The first-order valence-corrected chi connectivity index (χ1v) is 6.92. The van der Waals surface area contributed by atoms with Crippen LogP contribution in [-0.4, -0.2) is 35.5 Å². The van der Waals surface area contributed by atoms with E-state index in [9.17, 15) is 27.2 Å². The van der Waals surface area contributed by atoms with Crippen LogP contribution in [0.15, 0.2) is 18.2 Å². The highest BCUT2D eigenvalue weighted by Gasteiger charge is 2.53. The molecule has 1 fully saturated rings. The van der Waals surface area contributed by atoms with Crippen LogP contribution in [-0.2, 0) is 21.2 Å². The molecule has 0 heterocycles. The summed E-state index contributed by atoms with van der Waals surface area (Å²) in [5, 5.41) is 8.63. The van der Waals surface area contributed by atoms with E-state index in [1.807, 2.05) is 0 Å². The second kappa shape index (κ2) is 5.82. The van der Waals surface area contributed by atoms with E-state index >= 15 is 0 Å². The van der Waals surface area contributed by atoms with Gasteiger partial charge >= 0.3 is 12.1 Å². The number of alkyl halides is 3. The SMILES string of the molecule is CN(CCC(=O)O)C(=O)C1(c2cc(F)cc(C(F)(F)F)c2)CC1. The molecule has 0 atom stereocenters. The molecule has 1 aliphatic rings. The number of aliphatic carboxylic acids is 1. The highest BCUT2D eigenvalue weighted by Crippen LogP contribution is 2.50. The number of carboxylic acid groups (broad SMARTS) is 1. The Kier molecular flexibility index (Phi) is 4.37. The number of likely N-dealkylation sites (N-methyl/N-ethyl adjacent to an activating group) is 1. The lowest BCUT2D eigenvalue weighted by atomic mass is 9.92. The molecule has 1 N–H and O–H groups in total. The molecule has 1 aromatic carbocycles. The molecule has 1 aromatic rings. The van der Waals surface area contributed by atoms with Gasteiger partial charge in [0.15, 0.2) is 0 Å². The highest BCUT2D eigenvalue weighted by molar-refractivity contribution is 5.91. The van der Waals surface area contributed by atoms with Crippen LogP contribution in [0.2, 0.25) is 0 Å². The van der Waals surface area contributed by atoms with Crippen LogP contribution < -0.4 is 0 Å². The molecule has 0 radical (unpaired) electrons. The van der Waals surface area contributed by atoms with E-state index in [2.05, 4.69) is 0 Å². The normalized spacial score (nSPS) is 16.0. The molecule has 0 spiro atoms. The predicted octanol–water partition coefficient (Wildman–Crippen LogP) is 2.81. The number of carboxylic acids is 1. The average Bonchev–Trinajstić information content (AvgIpc) is 3.24. The van der Waals surface area contributed by atoms with E-state index in [-0.39, 0.29) is 18.5 Å². The summed E-state index contributed by atoms with van der Waals surface area (Å²) in [6.07, 6.45) is -4.35. The Morgan fingerprint density at radius 1 is 1.26 bits per heavy atom. The molecule has 0 unspecified atom stereocenters. The molecule has 126 valence electrons. The molecule has 8 heteroatoms. The molecular formula is C15H15F4NO3. The first kappa shape index (κ1) is 17.2. The minimum Gasteiger partial charge on any atom is -0.481 e. The monoisotopic (exact) mass is 333 g/mol. The third-order valence-corrected chi connectivity index (χ3v) is 3.94. The third-order valence-electron chi connectivity index (χ3n) is 3.94. The Bertz CT molecular complexity index is 638. The largest absolute Gasteiger partial charge is 0.481 e. The van der Waals surface area contributed by atoms with Gasteiger partial charge in [-0.2, -0.15) is 13.2 Å². The van der Waals surface area contributed by atoms with Gasteiger partial charge in [-0.3, -0.25) is 9.59 Å². The minimum absolute atomic E-state index is 0.0167. The van der Waals surface area contributed by atoms with E-state index < -0.39 is 34.8 Å². The molecule has 0 aliphatic heterocycles. The van der Waals surface area contributed by atoms with Crippen LogP contribution in [0.1, 0.15) is 30.4 Å². The van der Waals surface area contributed by atoms with Crippen LogP contribution in [0.25, 0.3) is 0 Å². The number of carbonyl (C=O) groups is 2. The maximum atomic E-state index is 13.5. The number of amides is 1. The Morgan fingerprint density at radius 3 is 2.35 bits per heavy atom. The van der Waals surface area contributed by atoms with E-state index in [1.165, 1.54) is 11.9 Å². The smallest absolute Gasteiger partial charge is 0.416 e. The number of rotatable bonds is 5. The van der Waals surface area contributed by atoms with E-state index in [1.54, 1.807) is 0 Å². The maximum Gasteiger partial charge on any atom is 0.416 e. The highest BCUT2D eigenvalue weighted by atomic mass is 19.4. The van der Waals surface area contributed by atoms with Crippen molar-refractivity contribution in [2.75, 3.05) is 13.6 Å². The summed E-state index contributed by atoms with van der Waals surface area (Å²) in [5.41, 5.74) is -2.34. The molecule has 0 bridgehead atoms. The summed E-state index contributed by atoms with van der Waals surface area (Å²) in [6, 6.07) is 2.11. The number of nitrogens with zero attached hydrogens (tertiary/aromatic N) is 1. The quantitative estimate of drug-likeness (QED) is 0.843. The van der Waals surface area contributed by atoms with E-state index in [0.29, 0.717) is 18.9 Å². The Morgan fingerprint density at radius 2 is 1.87 bits per heavy atom. The van der Waals surface area contributed by atoms with Gasteiger partial charge in [-0.05, 0) is 36.6 Å². The van der Waals surface area contributed by atoms with E-state index in [0.717, 1.165) is 12.1 Å². The van der Waals surface area contributed by atoms with Crippen LogP contribution in [0.4, 0.5) is 17.6 Å². The molecule has 1 aliphatic carbocycles. The summed E-state index contributed by atoms with van der Waals surface area (Å²) in [7, 11) is 1.38. The number of hydrogen-bond acceptors (Lipinski definition) is 2. The standard InChI is InChI=1S/C15H15F4NO3/c1-20(5-2-12(21)22)13(23)14(3-4-14)9-6-10(15(17,18)19)8-11(16)7-9/h6-8H,2-5H2,1H3,(H,21,22). The fourth-order valence-corrected chi connectivity index (χ4v) is 2.51. The zero-order chi connectivity index (χ0) is 17.4. The van der Waals surface area contributed by atoms with Crippen molar-refractivity contribution >= 4 is 11.9 Å². The van der Waals surface area contributed by atoms with Gasteiger partial charge in [-0.15, -0.1) is 0 Å². The Labute approximate surface area is 129 Å². The van der Waals surface area contributed by atoms with Gasteiger partial charge in [0, 0.05) is 13.6 Å². The molecule has 0 aromatic heterocycles. The summed E-state index contributed by atoms with van der Waals surface area (Å²) in [6.45, 7) is -0.0582. The third kappa shape index (κ3) is 3.62. The van der Waals surface area contributed by atoms with Gasteiger partial charge < -0.3 is 10.0 Å². The summed E-state index contributed by atoms with van der Waals surface area (Å²) < 4.78 is 51.9. The fraction of sp³-hybridized carbons (Fsp3) is 0.467. The predicted molar refractivity (Wildman–Crippen MR) is 72.2 cm³/mol. The molecule has 1 saturated carbocycles. The Hall–Kier alpha value is -2.12. The number of benzene rings is 1.